The predicted molar refractivity (Wildman–Crippen MR) is 107 cm³/mol. The van der Waals surface area contributed by atoms with Gasteiger partial charge in [-0.1, -0.05) is 18.2 Å². The highest BCUT2D eigenvalue weighted by Crippen LogP contribution is 2.26. The monoisotopic (exact) mass is 386 g/mol. The summed E-state index contributed by atoms with van der Waals surface area (Å²) in [4.78, 5) is 14.7. The van der Waals surface area contributed by atoms with Gasteiger partial charge in [0.15, 0.2) is 0 Å². The molecule has 1 heterocycles. The zero-order valence-electron chi connectivity index (χ0n) is 16.6. The van der Waals surface area contributed by atoms with Gasteiger partial charge in [-0.05, 0) is 62.3 Å². The van der Waals surface area contributed by atoms with Gasteiger partial charge in [0.25, 0.3) is 5.91 Å². The topological polar surface area (TPSA) is 50.8 Å². The van der Waals surface area contributed by atoms with E-state index in [-0.39, 0.29) is 11.1 Å². The molecule has 28 heavy (non-hydrogen) atoms. The number of likely N-dealkylation sites (N-methyl/N-ethyl adjacent to an activating group) is 1. The molecule has 1 amide bonds. The zero-order chi connectivity index (χ0) is 20.1. The molecule has 5 nitrogen and oxygen atoms in total. The number of hydrogen-bond acceptors (Lipinski definition) is 4. The highest BCUT2D eigenvalue weighted by atomic mass is 19.1. The molecule has 0 aromatic heterocycles. The van der Waals surface area contributed by atoms with E-state index in [0.717, 1.165) is 24.2 Å². The molecule has 2 aromatic carbocycles. The maximum absolute atomic E-state index is 14.6. The van der Waals surface area contributed by atoms with Crippen molar-refractivity contribution in [3.05, 3.63) is 53.8 Å². The molecule has 1 N–H and O–H groups in total. The molecule has 1 aliphatic heterocycles. The maximum atomic E-state index is 14.6. The number of ether oxygens (including phenoxy) is 2. The molecule has 0 saturated carbocycles. The molecule has 1 aliphatic rings. The van der Waals surface area contributed by atoms with Gasteiger partial charge in [0.2, 0.25) is 0 Å². The van der Waals surface area contributed by atoms with Crippen molar-refractivity contribution in [1.82, 2.24) is 10.2 Å². The van der Waals surface area contributed by atoms with E-state index in [1.54, 1.807) is 13.2 Å². The van der Waals surface area contributed by atoms with Gasteiger partial charge in [-0.2, -0.15) is 0 Å². The van der Waals surface area contributed by atoms with Gasteiger partial charge in [0.1, 0.15) is 11.6 Å². The van der Waals surface area contributed by atoms with Crippen LogP contribution in [-0.4, -0.2) is 57.3 Å². The van der Waals surface area contributed by atoms with E-state index in [1.807, 2.05) is 38.4 Å². The van der Waals surface area contributed by atoms with Gasteiger partial charge >= 0.3 is 0 Å². The molecule has 1 fully saturated rings. The number of nitrogens with zero attached hydrogens (tertiary/aromatic N) is 1. The van der Waals surface area contributed by atoms with Crippen molar-refractivity contribution in [3.8, 4) is 16.9 Å². The van der Waals surface area contributed by atoms with Crippen molar-refractivity contribution in [2.75, 3.05) is 41.0 Å². The highest BCUT2D eigenvalue weighted by molar-refractivity contribution is 5.95. The number of hydrogen-bond donors (Lipinski definition) is 1. The van der Waals surface area contributed by atoms with Crippen LogP contribution in [0.25, 0.3) is 11.1 Å². The molecular weight excluding hydrogens is 359 g/mol. The SMILES string of the molecule is COc1ccc(-c2ccc(C(=O)NCC3(N(C)C)CCOCC3)c(F)c2)cc1. The lowest BCUT2D eigenvalue weighted by Crippen LogP contribution is -2.55. The molecule has 1 saturated heterocycles. The lowest BCUT2D eigenvalue weighted by atomic mass is 9.88. The van der Waals surface area contributed by atoms with Crippen LogP contribution >= 0.6 is 0 Å². The first-order valence-electron chi connectivity index (χ1n) is 9.42. The number of halogens is 1. The van der Waals surface area contributed by atoms with Crippen LogP contribution in [0.2, 0.25) is 0 Å². The predicted octanol–water partition coefficient (Wildman–Crippen LogP) is 3.34. The molecule has 0 spiro atoms. The zero-order valence-corrected chi connectivity index (χ0v) is 16.6. The molecule has 0 unspecified atom stereocenters. The number of nitrogens with one attached hydrogen (secondary N) is 1. The fourth-order valence-electron chi connectivity index (χ4n) is 3.54. The van der Waals surface area contributed by atoms with Gasteiger partial charge in [-0.3, -0.25) is 4.79 Å². The number of carbonyl (C=O) groups excluding carboxylic acids is 1. The minimum absolute atomic E-state index is 0.0539. The fourth-order valence-corrected chi connectivity index (χ4v) is 3.54. The summed E-state index contributed by atoms with van der Waals surface area (Å²) in [5.74, 6) is -0.189. The van der Waals surface area contributed by atoms with Crippen molar-refractivity contribution in [1.29, 1.82) is 0 Å². The van der Waals surface area contributed by atoms with Crippen molar-refractivity contribution in [2.24, 2.45) is 0 Å². The molecule has 2 aromatic rings. The summed E-state index contributed by atoms with van der Waals surface area (Å²) >= 11 is 0. The third kappa shape index (κ3) is 4.34. The van der Waals surface area contributed by atoms with E-state index in [0.29, 0.717) is 25.3 Å². The van der Waals surface area contributed by atoms with Crippen LogP contribution in [0.1, 0.15) is 23.2 Å². The summed E-state index contributed by atoms with van der Waals surface area (Å²) in [6, 6.07) is 12.1. The Kier molecular flexibility index (Phi) is 6.31. The largest absolute Gasteiger partial charge is 0.497 e. The van der Waals surface area contributed by atoms with Crippen LogP contribution in [0.5, 0.6) is 5.75 Å². The smallest absolute Gasteiger partial charge is 0.254 e. The summed E-state index contributed by atoms with van der Waals surface area (Å²) in [6.07, 6.45) is 1.67. The second-order valence-electron chi connectivity index (χ2n) is 7.34. The maximum Gasteiger partial charge on any atom is 0.254 e. The minimum Gasteiger partial charge on any atom is -0.497 e. The van der Waals surface area contributed by atoms with Crippen LogP contribution in [0.15, 0.2) is 42.5 Å². The molecule has 6 heteroatoms. The lowest BCUT2D eigenvalue weighted by molar-refractivity contribution is -0.00659. The Morgan fingerprint density at radius 2 is 1.79 bits per heavy atom. The van der Waals surface area contributed by atoms with Crippen molar-refractivity contribution >= 4 is 5.91 Å². The highest BCUT2D eigenvalue weighted by Gasteiger charge is 2.35. The fraction of sp³-hybridized carbons (Fsp3) is 0.409. The summed E-state index contributed by atoms with van der Waals surface area (Å²) in [5.41, 5.74) is 1.47. The first-order valence-corrected chi connectivity index (χ1v) is 9.42. The van der Waals surface area contributed by atoms with Gasteiger partial charge in [-0.15, -0.1) is 0 Å². The van der Waals surface area contributed by atoms with Gasteiger partial charge in [0, 0.05) is 25.3 Å². The van der Waals surface area contributed by atoms with Crippen LogP contribution < -0.4 is 10.1 Å². The normalized spacial score (nSPS) is 16.0. The Morgan fingerprint density at radius 3 is 2.36 bits per heavy atom. The van der Waals surface area contributed by atoms with E-state index in [1.165, 1.54) is 12.1 Å². The number of benzene rings is 2. The van der Waals surface area contributed by atoms with Gasteiger partial charge < -0.3 is 19.7 Å². The number of amides is 1. The lowest BCUT2D eigenvalue weighted by Gasteiger charge is -2.42. The third-order valence-electron chi connectivity index (χ3n) is 5.59. The quantitative estimate of drug-likeness (QED) is 0.827. The van der Waals surface area contributed by atoms with E-state index in [4.69, 9.17) is 9.47 Å². The van der Waals surface area contributed by atoms with E-state index in [2.05, 4.69) is 10.2 Å². The van der Waals surface area contributed by atoms with Gasteiger partial charge in [-0.25, -0.2) is 4.39 Å². The first kappa shape index (κ1) is 20.3. The molecule has 3 rings (SSSR count). The standard InChI is InChI=1S/C22H27FN2O3/c1-25(2)22(10-12-28-13-11-22)15-24-21(26)19-9-6-17(14-20(19)23)16-4-7-18(27-3)8-5-16/h4-9,14H,10-13,15H2,1-3H3,(H,24,26). The Balaban J connectivity index is 1.71. The summed E-state index contributed by atoms with van der Waals surface area (Å²) in [6.45, 7) is 1.79. The van der Waals surface area contributed by atoms with E-state index < -0.39 is 11.7 Å². The number of carbonyl (C=O) groups is 1. The molecule has 0 atom stereocenters. The molecule has 150 valence electrons. The number of methoxy groups -OCH3 is 1. The minimum atomic E-state index is -0.531. The van der Waals surface area contributed by atoms with E-state index >= 15 is 0 Å². The van der Waals surface area contributed by atoms with Crippen LogP contribution in [0.3, 0.4) is 0 Å². The average molecular weight is 386 g/mol. The van der Waals surface area contributed by atoms with Crippen LogP contribution in [0, 0.1) is 5.82 Å². The van der Waals surface area contributed by atoms with Gasteiger partial charge in [0.05, 0.1) is 12.7 Å². The Hall–Kier alpha value is -2.44. The van der Waals surface area contributed by atoms with Crippen molar-refractivity contribution < 1.29 is 18.7 Å². The summed E-state index contributed by atoms with van der Waals surface area (Å²) in [7, 11) is 5.60. The van der Waals surface area contributed by atoms with Crippen LogP contribution in [0.4, 0.5) is 4.39 Å². The molecule has 0 aliphatic carbocycles. The molecular formula is C22H27FN2O3. The first-order chi connectivity index (χ1) is 13.4. The second kappa shape index (κ2) is 8.71. The Morgan fingerprint density at radius 1 is 1.14 bits per heavy atom. The number of rotatable bonds is 6. The van der Waals surface area contributed by atoms with E-state index in [9.17, 15) is 9.18 Å². The third-order valence-corrected chi connectivity index (χ3v) is 5.59. The van der Waals surface area contributed by atoms with Crippen molar-refractivity contribution in [2.45, 2.75) is 18.4 Å². The van der Waals surface area contributed by atoms with Crippen molar-refractivity contribution in [3.63, 3.8) is 0 Å². The second-order valence-corrected chi connectivity index (χ2v) is 7.34. The Bertz CT molecular complexity index is 815. The summed E-state index contributed by atoms with van der Waals surface area (Å²) in [5, 5.41) is 2.91. The molecule has 0 bridgehead atoms. The molecule has 0 radical (unpaired) electrons. The summed E-state index contributed by atoms with van der Waals surface area (Å²) < 4.78 is 25.2. The average Bonchev–Trinajstić information content (AvgIpc) is 2.72. The van der Waals surface area contributed by atoms with Crippen LogP contribution in [-0.2, 0) is 4.74 Å². The Labute approximate surface area is 165 Å².